The summed E-state index contributed by atoms with van der Waals surface area (Å²) in [5.41, 5.74) is 0. The predicted octanol–water partition coefficient (Wildman–Crippen LogP) is 2.25. The molecule has 2 rings (SSSR count). The fourth-order valence-electron chi connectivity index (χ4n) is 2.48. The summed E-state index contributed by atoms with van der Waals surface area (Å²) in [5, 5.41) is 8.97. The Balaban J connectivity index is 2.40. The summed E-state index contributed by atoms with van der Waals surface area (Å²) in [6.45, 7) is 1.60. The van der Waals surface area contributed by atoms with Crippen LogP contribution in [0.4, 0.5) is 0 Å². The van der Waals surface area contributed by atoms with E-state index in [9.17, 15) is 13.2 Å². The summed E-state index contributed by atoms with van der Waals surface area (Å²) < 4.78 is 26.3. The van der Waals surface area contributed by atoms with Crippen LogP contribution in [0.3, 0.4) is 0 Å². The Morgan fingerprint density at radius 3 is 2.50 bits per heavy atom. The van der Waals surface area contributed by atoms with Crippen molar-refractivity contribution in [3.05, 3.63) is 15.8 Å². The molecule has 20 heavy (non-hydrogen) atoms. The molecule has 1 saturated carbocycles. The van der Waals surface area contributed by atoms with Crippen LogP contribution in [0.1, 0.15) is 40.2 Å². The van der Waals surface area contributed by atoms with E-state index in [0.29, 0.717) is 4.88 Å². The lowest BCUT2D eigenvalue weighted by atomic mass is 10.3. The maximum Gasteiger partial charge on any atom is 0.345 e. The summed E-state index contributed by atoms with van der Waals surface area (Å²) in [5.74, 6) is -1.12. The molecule has 0 bridgehead atoms. The highest BCUT2D eigenvalue weighted by molar-refractivity contribution is 7.89. The molecular formula is C12H17NO5S2. The van der Waals surface area contributed by atoms with Gasteiger partial charge in [-0.15, -0.1) is 11.3 Å². The van der Waals surface area contributed by atoms with E-state index >= 15 is 0 Å². The number of thiophene rings is 1. The van der Waals surface area contributed by atoms with Gasteiger partial charge in [-0.1, -0.05) is 17.3 Å². The van der Waals surface area contributed by atoms with Gasteiger partial charge in [-0.25, -0.2) is 13.2 Å². The van der Waals surface area contributed by atoms with Gasteiger partial charge in [-0.05, 0) is 25.8 Å². The number of hydrogen-bond acceptors (Lipinski definition) is 5. The van der Waals surface area contributed by atoms with Gasteiger partial charge < -0.3 is 5.11 Å². The summed E-state index contributed by atoms with van der Waals surface area (Å²) >= 11 is 0.959. The number of nitrogens with zero attached hydrogens (tertiary/aromatic N) is 1. The van der Waals surface area contributed by atoms with Gasteiger partial charge in [-0.2, -0.15) is 0 Å². The number of aryl methyl sites for hydroxylation is 1. The first kappa shape index (κ1) is 15.4. The molecule has 1 aromatic rings. The van der Waals surface area contributed by atoms with E-state index < -0.39 is 16.0 Å². The molecule has 1 aliphatic rings. The average molecular weight is 319 g/mol. The zero-order chi connectivity index (χ0) is 14.9. The molecule has 0 radical (unpaired) electrons. The zero-order valence-corrected chi connectivity index (χ0v) is 13.0. The van der Waals surface area contributed by atoms with Crippen LogP contribution in [0.15, 0.2) is 11.0 Å². The van der Waals surface area contributed by atoms with Crippen molar-refractivity contribution in [1.82, 2.24) is 4.47 Å². The highest BCUT2D eigenvalue weighted by Crippen LogP contribution is 2.33. The lowest BCUT2D eigenvalue weighted by molar-refractivity contribution is -0.0786. The van der Waals surface area contributed by atoms with Crippen LogP contribution in [0.25, 0.3) is 0 Å². The molecule has 1 aliphatic carbocycles. The first-order valence-electron chi connectivity index (χ1n) is 6.30. The highest BCUT2D eigenvalue weighted by atomic mass is 32.2. The predicted molar refractivity (Wildman–Crippen MR) is 74.3 cm³/mol. The third kappa shape index (κ3) is 2.73. The quantitative estimate of drug-likeness (QED) is 0.842. The summed E-state index contributed by atoms with van der Waals surface area (Å²) in [6.07, 6.45) is 3.48. The van der Waals surface area contributed by atoms with Crippen molar-refractivity contribution in [2.45, 2.75) is 43.5 Å². The SMILES string of the molecule is CON(C1CCCC1)S(=O)(=O)c1cc(C(=O)O)sc1C. The molecule has 6 nitrogen and oxygen atoms in total. The molecule has 1 aromatic heterocycles. The van der Waals surface area contributed by atoms with Crippen molar-refractivity contribution in [1.29, 1.82) is 0 Å². The third-order valence-corrected chi connectivity index (χ3v) is 6.47. The van der Waals surface area contributed by atoms with E-state index in [4.69, 9.17) is 9.94 Å². The Bertz CT molecular complexity index is 601. The molecule has 0 spiro atoms. The monoisotopic (exact) mass is 319 g/mol. The second-order valence-electron chi connectivity index (χ2n) is 4.72. The second kappa shape index (κ2) is 5.80. The van der Waals surface area contributed by atoms with Crippen molar-refractivity contribution in [3.8, 4) is 0 Å². The molecule has 0 unspecified atom stereocenters. The fourth-order valence-corrected chi connectivity index (χ4v) is 5.37. The van der Waals surface area contributed by atoms with Crippen molar-refractivity contribution in [2.24, 2.45) is 0 Å². The summed E-state index contributed by atoms with van der Waals surface area (Å²) in [4.78, 5) is 16.5. The van der Waals surface area contributed by atoms with E-state index in [1.165, 1.54) is 13.2 Å². The fraction of sp³-hybridized carbons (Fsp3) is 0.583. The number of carboxylic acid groups (broad SMARTS) is 1. The summed E-state index contributed by atoms with van der Waals surface area (Å²) in [7, 11) is -2.49. The zero-order valence-electron chi connectivity index (χ0n) is 11.3. The molecule has 1 fully saturated rings. The Kier molecular flexibility index (Phi) is 4.48. The van der Waals surface area contributed by atoms with E-state index in [-0.39, 0.29) is 15.8 Å². The third-order valence-electron chi connectivity index (χ3n) is 3.40. The molecule has 1 heterocycles. The molecule has 0 aliphatic heterocycles. The number of carbonyl (C=O) groups is 1. The Morgan fingerprint density at radius 1 is 1.45 bits per heavy atom. The van der Waals surface area contributed by atoms with Crippen LogP contribution in [0.2, 0.25) is 0 Å². The van der Waals surface area contributed by atoms with Crippen LogP contribution in [0, 0.1) is 6.92 Å². The van der Waals surface area contributed by atoms with Gasteiger partial charge in [0.15, 0.2) is 0 Å². The largest absolute Gasteiger partial charge is 0.477 e. The van der Waals surface area contributed by atoms with Gasteiger partial charge in [-0.3, -0.25) is 4.84 Å². The molecule has 0 amide bonds. The van der Waals surface area contributed by atoms with E-state index in [2.05, 4.69) is 0 Å². The van der Waals surface area contributed by atoms with Crippen molar-refractivity contribution < 1.29 is 23.2 Å². The number of rotatable bonds is 5. The van der Waals surface area contributed by atoms with Gasteiger partial charge in [0.05, 0.1) is 18.0 Å². The number of hydrogen-bond donors (Lipinski definition) is 1. The van der Waals surface area contributed by atoms with Crippen LogP contribution < -0.4 is 0 Å². The minimum absolute atomic E-state index is 0.0172. The number of carboxylic acids is 1. The maximum absolute atomic E-state index is 12.6. The molecule has 1 N–H and O–H groups in total. The molecule has 0 atom stereocenters. The van der Waals surface area contributed by atoms with Crippen LogP contribution in [0.5, 0.6) is 0 Å². The van der Waals surface area contributed by atoms with Crippen LogP contribution in [-0.2, 0) is 14.9 Å². The van der Waals surface area contributed by atoms with Crippen molar-refractivity contribution in [2.75, 3.05) is 7.11 Å². The van der Waals surface area contributed by atoms with Crippen LogP contribution in [-0.4, -0.2) is 37.1 Å². The minimum Gasteiger partial charge on any atom is -0.477 e. The number of hydroxylamine groups is 1. The molecule has 112 valence electrons. The maximum atomic E-state index is 12.6. The highest BCUT2D eigenvalue weighted by Gasteiger charge is 2.36. The second-order valence-corrected chi connectivity index (χ2v) is 7.72. The molecule has 0 aromatic carbocycles. The van der Waals surface area contributed by atoms with Gasteiger partial charge >= 0.3 is 5.97 Å². The number of sulfonamides is 1. The standard InChI is InChI=1S/C12H17NO5S2/c1-8-11(7-10(19-8)12(14)15)20(16,17)13(18-2)9-5-3-4-6-9/h7,9H,3-6H2,1-2H3,(H,14,15). The van der Waals surface area contributed by atoms with Gasteiger partial charge in [0.2, 0.25) is 0 Å². The first-order chi connectivity index (χ1) is 9.37. The Labute approximate surface area is 122 Å². The Hall–Kier alpha value is -0.960. The average Bonchev–Trinajstić information content (AvgIpc) is 2.99. The van der Waals surface area contributed by atoms with E-state index in [0.717, 1.165) is 41.5 Å². The Morgan fingerprint density at radius 2 is 2.05 bits per heavy atom. The summed E-state index contributed by atoms with van der Waals surface area (Å²) in [6, 6.07) is 1.04. The lowest BCUT2D eigenvalue weighted by Gasteiger charge is -2.25. The van der Waals surface area contributed by atoms with Crippen molar-refractivity contribution >= 4 is 27.3 Å². The molecular weight excluding hydrogens is 302 g/mol. The van der Waals surface area contributed by atoms with Gasteiger partial charge in [0.25, 0.3) is 10.0 Å². The van der Waals surface area contributed by atoms with E-state index in [1.807, 2.05) is 0 Å². The smallest absolute Gasteiger partial charge is 0.345 e. The topological polar surface area (TPSA) is 83.9 Å². The van der Waals surface area contributed by atoms with Gasteiger partial charge in [0, 0.05) is 4.88 Å². The minimum atomic E-state index is -3.82. The van der Waals surface area contributed by atoms with E-state index in [1.54, 1.807) is 6.92 Å². The lowest BCUT2D eigenvalue weighted by Crippen LogP contribution is -2.37. The van der Waals surface area contributed by atoms with Crippen molar-refractivity contribution in [3.63, 3.8) is 0 Å². The van der Waals surface area contributed by atoms with Crippen LogP contribution >= 0.6 is 11.3 Å². The molecule has 8 heteroatoms. The molecule has 0 saturated heterocycles. The first-order valence-corrected chi connectivity index (χ1v) is 8.56. The normalized spacial score (nSPS) is 16.9. The number of aromatic carboxylic acids is 1. The van der Waals surface area contributed by atoms with Gasteiger partial charge in [0.1, 0.15) is 4.88 Å².